The van der Waals surface area contributed by atoms with Crippen LogP contribution in [-0.4, -0.2) is 16.7 Å². The van der Waals surface area contributed by atoms with E-state index in [2.05, 4.69) is 15.5 Å². The second kappa shape index (κ2) is 4.53. The van der Waals surface area contributed by atoms with Crippen molar-refractivity contribution in [1.82, 2.24) is 15.5 Å². The van der Waals surface area contributed by atoms with Gasteiger partial charge in [0, 0.05) is 13.0 Å². The maximum atomic E-state index is 13.1. The fourth-order valence-corrected chi connectivity index (χ4v) is 2.50. The molecule has 0 amide bonds. The number of hydrogen-bond donors (Lipinski definition) is 2. The van der Waals surface area contributed by atoms with Crippen LogP contribution in [0.3, 0.4) is 0 Å². The molecule has 1 aromatic heterocycles. The molecule has 2 aromatic rings. The molecule has 0 bridgehead atoms. The van der Waals surface area contributed by atoms with Gasteiger partial charge in [0.1, 0.15) is 5.82 Å². The maximum absolute atomic E-state index is 13.1. The van der Waals surface area contributed by atoms with Gasteiger partial charge in [0.2, 0.25) is 0 Å². The number of aryl methyl sites for hydroxylation is 1. The average Bonchev–Trinajstić information content (AvgIpc) is 2.76. The number of aromatic amines is 1. The minimum absolute atomic E-state index is 0.176. The SMILES string of the molecule is Cc1cc(F)ccc1Cc1n[nH]c2c1CCNC2. The number of halogens is 1. The lowest BCUT2D eigenvalue weighted by molar-refractivity contribution is 0.625. The molecule has 1 aliphatic rings. The molecule has 3 rings (SSSR count). The highest BCUT2D eigenvalue weighted by molar-refractivity contribution is 5.35. The van der Waals surface area contributed by atoms with E-state index in [1.807, 2.05) is 13.0 Å². The molecule has 18 heavy (non-hydrogen) atoms. The van der Waals surface area contributed by atoms with E-state index < -0.39 is 0 Å². The van der Waals surface area contributed by atoms with Gasteiger partial charge in [-0.15, -0.1) is 0 Å². The van der Waals surface area contributed by atoms with E-state index in [1.54, 1.807) is 6.07 Å². The number of benzene rings is 1. The summed E-state index contributed by atoms with van der Waals surface area (Å²) < 4.78 is 13.1. The summed E-state index contributed by atoms with van der Waals surface area (Å²) in [4.78, 5) is 0. The number of rotatable bonds is 2. The molecule has 0 spiro atoms. The zero-order valence-corrected chi connectivity index (χ0v) is 10.4. The summed E-state index contributed by atoms with van der Waals surface area (Å²) >= 11 is 0. The van der Waals surface area contributed by atoms with E-state index >= 15 is 0 Å². The van der Waals surface area contributed by atoms with Gasteiger partial charge in [-0.25, -0.2) is 4.39 Å². The van der Waals surface area contributed by atoms with Gasteiger partial charge in [-0.1, -0.05) is 6.07 Å². The molecule has 0 fully saturated rings. The summed E-state index contributed by atoms with van der Waals surface area (Å²) in [6.07, 6.45) is 1.79. The average molecular weight is 245 g/mol. The molecule has 0 aliphatic carbocycles. The second-order valence-corrected chi connectivity index (χ2v) is 4.80. The third kappa shape index (κ3) is 2.04. The van der Waals surface area contributed by atoms with Gasteiger partial charge in [0.25, 0.3) is 0 Å². The van der Waals surface area contributed by atoms with Crippen LogP contribution in [0.2, 0.25) is 0 Å². The van der Waals surface area contributed by atoms with Crippen molar-refractivity contribution >= 4 is 0 Å². The van der Waals surface area contributed by atoms with Crippen LogP contribution in [0.1, 0.15) is 28.1 Å². The van der Waals surface area contributed by atoms with E-state index in [0.717, 1.165) is 42.8 Å². The first-order valence-electron chi connectivity index (χ1n) is 6.25. The Morgan fingerprint density at radius 3 is 3.11 bits per heavy atom. The molecule has 2 N–H and O–H groups in total. The summed E-state index contributed by atoms with van der Waals surface area (Å²) in [5, 5.41) is 10.8. The van der Waals surface area contributed by atoms with Gasteiger partial charge in [-0.3, -0.25) is 5.10 Å². The topological polar surface area (TPSA) is 40.7 Å². The van der Waals surface area contributed by atoms with Crippen molar-refractivity contribution in [1.29, 1.82) is 0 Å². The molecular weight excluding hydrogens is 229 g/mol. The van der Waals surface area contributed by atoms with E-state index in [9.17, 15) is 4.39 Å². The molecular formula is C14H16FN3. The van der Waals surface area contributed by atoms with Gasteiger partial charge < -0.3 is 5.32 Å². The fraction of sp³-hybridized carbons (Fsp3) is 0.357. The Morgan fingerprint density at radius 2 is 2.28 bits per heavy atom. The summed E-state index contributed by atoms with van der Waals surface area (Å²) in [5.41, 5.74) is 5.75. The van der Waals surface area contributed by atoms with E-state index in [-0.39, 0.29) is 5.82 Å². The van der Waals surface area contributed by atoms with Crippen molar-refractivity contribution in [3.63, 3.8) is 0 Å². The molecule has 94 valence electrons. The predicted octanol–water partition coefficient (Wildman–Crippen LogP) is 2.09. The van der Waals surface area contributed by atoms with Crippen molar-refractivity contribution in [2.75, 3.05) is 6.54 Å². The summed E-state index contributed by atoms with van der Waals surface area (Å²) in [6, 6.07) is 4.95. The zero-order chi connectivity index (χ0) is 12.5. The summed E-state index contributed by atoms with van der Waals surface area (Å²) in [7, 11) is 0. The summed E-state index contributed by atoms with van der Waals surface area (Å²) in [6.45, 7) is 3.81. The lowest BCUT2D eigenvalue weighted by atomic mass is 9.98. The molecule has 0 saturated carbocycles. The molecule has 1 aromatic carbocycles. The number of H-pyrrole nitrogens is 1. The highest BCUT2D eigenvalue weighted by atomic mass is 19.1. The van der Waals surface area contributed by atoms with Crippen LogP contribution in [-0.2, 0) is 19.4 Å². The Kier molecular flexibility index (Phi) is 2.88. The first-order chi connectivity index (χ1) is 8.74. The van der Waals surface area contributed by atoms with Crippen molar-refractivity contribution in [3.8, 4) is 0 Å². The Morgan fingerprint density at radius 1 is 1.39 bits per heavy atom. The van der Waals surface area contributed by atoms with E-state index in [4.69, 9.17) is 0 Å². The largest absolute Gasteiger partial charge is 0.311 e. The Balaban J connectivity index is 1.90. The van der Waals surface area contributed by atoms with E-state index in [1.165, 1.54) is 17.3 Å². The lowest BCUT2D eigenvalue weighted by Gasteiger charge is -2.13. The third-order valence-corrected chi connectivity index (χ3v) is 3.55. The van der Waals surface area contributed by atoms with Crippen molar-refractivity contribution in [2.45, 2.75) is 26.3 Å². The van der Waals surface area contributed by atoms with Gasteiger partial charge in [0.05, 0.1) is 11.4 Å². The first kappa shape index (κ1) is 11.4. The van der Waals surface area contributed by atoms with Crippen LogP contribution in [0.4, 0.5) is 4.39 Å². The van der Waals surface area contributed by atoms with Crippen molar-refractivity contribution in [2.24, 2.45) is 0 Å². The zero-order valence-electron chi connectivity index (χ0n) is 10.4. The standard InChI is InChI=1S/C14H16FN3/c1-9-6-11(15)3-2-10(9)7-13-12-4-5-16-8-14(12)18-17-13/h2-3,6,16H,4-5,7-8H2,1H3,(H,17,18). The van der Waals surface area contributed by atoms with Crippen LogP contribution in [0.5, 0.6) is 0 Å². The second-order valence-electron chi connectivity index (χ2n) is 4.80. The number of nitrogens with zero attached hydrogens (tertiary/aromatic N) is 1. The molecule has 0 unspecified atom stereocenters. The predicted molar refractivity (Wildman–Crippen MR) is 67.9 cm³/mol. The van der Waals surface area contributed by atoms with Gasteiger partial charge in [0.15, 0.2) is 0 Å². The van der Waals surface area contributed by atoms with Crippen LogP contribution in [0.25, 0.3) is 0 Å². The molecule has 0 saturated heterocycles. The Bertz CT molecular complexity index is 574. The smallest absolute Gasteiger partial charge is 0.123 e. The Hall–Kier alpha value is -1.68. The Labute approximate surface area is 105 Å². The molecule has 0 atom stereocenters. The lowest BCUT2D eigenvalue weighted by Crippen LogP contribution is -2.23. The number of aromatic nitrogens is 2. The van der Waals surface area contributed by atoms with Crippen molar-refractivity contribution in [3.05, 3.63) is 52.1 Å². The van der Waals surface area contributed by atoms with Gasteiger partial charge in [-0.05, 0) is 48.7 Å². The fourth-order valence-electron chi connectivity index (χ4n) is 2.50. The number of hydrogen-bond acceptors (Lipinski definition) is 2. The molecule has 4 heteroatoms. The quantitative estimate of drug-likeness (QED) is 0.850. The third-order valence-electron chi connectivity index (χ3n) is 3.55. The first-order valence-corrected chi connectivity index (χ1v) is 6.25. The van der Waals surface area contributed by atoms with Gasteiger partial charge >= 0.3 is 0 Å². The molecule has 3 nitrogen and oxygen atoms in total. The van der Waals surface area contributed by atoms with Crippen LogP contribution in [0.15, 0.2) is 18.2 Å². The summed E-state index contributed by atoms with van der Waals surface area (Å²) in [5.74, 6) is -0.176. The van der Waals surface area contributed by atoms with Crippen LogP contribution < -0.4 is 5.32 Å². The van der Waals surface area contributed by atoms with E-state index in [0.29, 0.717) is 0 Å². The van der Waals surface area contributed by atoms with Crippen LogP contribution >= 0.6 is 0 Å². The highest BCUT2D eigenvalue weighted by Crippen LogP contribution is 2.20. The molecule has 0 radical (unpaired) electrons. The number of fused-ring (bicyclic) bond motifs is 1. The van der Waals surface area contributed by atoms with Crippen molar-refractivity contribution < 1.29 is 4.39 Å². The van der Waals surface area contributed by atoms with Crippen LogP contribution in [0, 0.1) is 12.7 Å². The highest BCUT2D eigenvalue weighted by Gasteiger charge is 2.16. The molecule has 2 heterocycles. The number of nitrogens with one attached hydrogen (secondary N) is 2. The minimum atomic E-state index is -0.176. The van der Waals surface area contributed by atoms with Gasteiger partial charge in [-0.2, -0.15) is 5.10 Å². The normalized spacial score (nSPS) is 14.6. The minimum Gasteiger partial charge on any atom is -0.311 e. The monoisotopic (exact) mass is 245 g/mol. The maximum Gasteiger partial charge on any atom is 0.123 e. The molecule has 1 aliphatic heterocycles.